The van der Waals surface area contributed by atoms with Gasteiger partial charge in [-0.2, -0.15) is 0 Å². The standard InChI is InChI=1S/C13H20BrNO4S/c1-19-8-4-2-3-7-15-20(17,18)13-6-5-11(10-16)9-12(13)14/h5-6,9,15-16H,2-4,7-8,10H2,1H3. The zero-order valence-electron chi connectivity index (χ0n) is 11.4. The van der Waals surface area contributed by atoms with Gasteiger partial charge in [-0.15, -0.1) is 0 Å². The average molecular weight is 366 g/mol. The van der Waals surface area contributed by atoms with Crippen LogP contribution in [-0.4, -0.2) is 33.8 Å². The SMILES string of the molecule is COCCCCCNS(=O)(=O)c1ccc(CO)cc1Br. The van der Waals surface area contributed by atoms with Gasteiger partial charge in [-0.1, -0.05) is 6.07 Å². The Hall–Kier alpha value is -0.470. The second kappa shape index (κ2) is 8.74. The predicted octanol–water partition coefficient (Wildman–Crippen LogP) is 2.04. The van der Waals surface area contributed by atoms with Crippen molar-refractivity contribution in [2.24, 2.45) is 0 Å². The summed E-state index contributed by atoms with van der Waals surface area (Å²) in [7, 11) is -1.87. The Kier molecular flexibility index (Phi) is 7.68. The molecular formula is C13H20BrNO4S. The molecule has 0 aliphatic heterocycles. The summed E-state index contributed by atoms with van der Waals surface area (Å²) in [5.41, 5.74) is 0.662. The number of rotatable bonds is 9. The topological polar surface area (TPSA) is 75.6 Å². The first-order valence-corrected chi connectivity index (χ1v) is 8.67. The lowest BCUT2D eigenvalue weighted by atomic mass is 10.2. The van der Waals surface area contributed by atoms with Crippen molar-refractivity contribution in [1.82, 2.24) is 4.72 Å². The molecule has 0 unspecified atom stereocenters. The molecule has 5 nitrogen and oxygen atoms in total. The Balaban J connectivity index is 2.56. The number of ether oxygens (including phenoxy) is 1. The van der Waals surface area contributed by atoms with Crippen molar-refractivity contribution in [1.29, 1.82) is 0 Å². The molecule has 1 aromatic rings. The molecule has 0 amide bonds. The minimum Gasteiger partial charge on any atom is -0.392 e. The van der Waals surface area contributed by atoms with Crippen LogP contribution in [0.5, 0.6) is 0 Å². The highest BCUT2D eigenvalue weighted by Crippen LogP contribution is 2.23. The van der Waals surface area contributed by atoms with Crippen LogP contribution in [0.25, 0.3) is 0 Å². The van der Waals surface area contributed by atoms with Crippen LogP contribution < -0.4 is 4.72 Å². The fourth-order valence-electron chi connectivity index (χ4n) is 1.69. The highest BCUT2D eigenvalue weighted by molar-refractivity contribution is 9.10. The van der Waals surface area contributed by atoms with Gasteiger partial charge in [0.1, 0.15) is 0 Å². The molecule has 20 heavy (non-hydrogen) atoms. The number of halogens is 1. The van der Waals surface area contributed by atoms with Crippen LogP contribution in [0.15, 0.2) is 27.6 Å². The number of hydrogen-bond acceptors (Lipinski definition) is 4. The molecule has 0 fully saturated rings. The molecule has 2 N–H and O–H groups in total. The first-order valence-electron chi connectivity index (χ1n) is 6.39. The molecule has 0 heterocycles. The van der Waals surface area contributed by atoms with Crippen LogP contribution in [-0.2, 0) is 21.4 Å². The fourth-order valence-corrected chi connectivity index (χ4v) is 3.89. The van der Waals surface area contributed by atoms with Gasteiger partial charge in [0.15, 0.2) is 0 Å². The normalized spacial score (nSPS) is 11.8. The average Bonchev–Trinajstić information content (AvgIpc) is 2.42. The van der Waals surface area contributed by atoms with E-state index in [1.165, 1.54) is 6.07 Å². The highest BCUT2D eigenvalue weighted by atomic mass is 79.9. The van der Waals surface area contributed by atoms with Crippen LogP contribution in [0.4, 0.5) is 0 Å². The lowest BCUT2D eigenvalue weighted by molar-refractivity contribution is 0.192. The highest BCUT2D eigenvalue weighted by Gasteiger charge is 2.17. The van der Waals surface area contributed by atoms with Crippen molar-refractivity contribution >= 4 is 26.0 Å². The van der Waals surface area contributed by atoms with Crippen molar-refractivity contribution < 1.29 is 18.3 Å². The molecule has 0 spiro atoms. The van der Waals surface area contributed by atoms with Gasteiger partial charge in [-0.3, -0.25) is 0 Å². The molecule has 0 saturated carbocycles. The van der Waals surface area contributed by atoms with Crippen LogP contribution in [0.1, 0.15) is 24.8 Å². The Morgan fingerprint density at radius 1 is 1.30 bits per heavy atom. The molecule has 7 heteroatoms. The molecule has 1 rings (SSSR count). The van der Waals surface area contributed by atoms with Gasteiger partial charge >= 0.3 is 0 Å². The summed E-state index contributed by atoms with van der Waals surface area (Å²) in [6.07, 6.45) is 2.61. The van der Waals surface area contributed by atoms with Gasteiger partial charge in [0.2, 0.25) is 10.0 Å². The van der Waals surface area contributed by atoms with Crippen LogP contribution >= 0.6 is 15.9 Å². The van der Waals surface area contributed by atoms with Gasteiger partial charge in [0, 0.05) is 24.7 Å². The third kappa shape index (κ3) is 5.49. The number of nitrogens with one attached hydrogen (secondary N) is 1. The summed E-state index contributed by atoms with van der Waals surface area (Å²) < 4.78 is 32.2. The minimum absolute atomic E-state index is 0.119. The van der Waals surface area contributed by atoms with Gasteiger partial charge in [-0.05, 0) is 52.9 Å². The largest absolute Gasteiger partial charge is 0.392 e. The van der Waals surface area contributed by atoms with E-state index in [0.29, 0.717) is 23.2 Å². The van der Waals surface area contributed by atoms with E-state index in [4.69, 9.17) is 9.84 Å². The first-order chi connectivity index (χ1) is 9.51. The Morgan fingerprint density at radius 3 is 2.65 bits per heavy atom. The Labute approximate surface area is 128 Å². The second-order valence-electron chi connectivity index (χ2n) is 4.37. The van der Waals surface area contributed by atoms with E-state index in [2.05, 4.69) is 20.7 Å². The number of aliphatic hydroxyl groups excluding tert-OH is 1. The molecule has 1 aromatic carbocycles. The second-order valence-corrected chi connectivity index (χ2v) is 6.96. The van der Waals surface area contributed by atoms with Crippen molar-refractivity contribution in [3.8, 4) is 0 Å². The maximum atomic E-state index is 12.1. The molecule has 0 saturated heterocycles. The molecule has 0 radical (unpaired) electrons. The van der Waals surface area contributed by atoms with Crippen molar-refractivity contribution in [2.45, 2.75) is 30.8 Å². The zero-order chi connectivity index (χ0) is 15.0. The third-order valence-corrected chi connectivity index (χ3v) is 5.22. The molecule has 0 aromatic heterocycles. The molecule has 0 bridgehead atoms. The van der Waals surface area contributed by atoms with E-state index in [0.717, 1.165) is 19.3 Å². The van der Waals surface area contributed by atoms with E-state index in [1.807, 2.05) is 0 Å². The summed E-state index contributed by atoms with van der Waals surface area (Å²) in [4.78, 5) is 0.187. The Bertz CT molecular complexity index is 519. The van der Waals surface area contributed by atoms with Gasteiger partial charge in [0.05, 0.1) is 11.5 Å². The Morgan fingerprint density at radius 2 is 2.05 bits per heavy atom. The minimum atomic E-state index is -3.52. The van der Waals surface area contributed by atoms with E-state index in [-0.39, 0.29) is 11.5 Å². The summed E-state index contributed by atoms with van der Waals surface area (Å²) >= 11 is 3.22. The third-order valence-electron chi connectivity index (χ3n) is 2.79. The number of aliphatic hydroxyl groups is 1. The van der Waals surface area contributed by atoms with Gasteiger partial charge in [0.25, 0.3) is 0 Å². The summed E-state index contributed by atoms with van der Waals surface area (Å²) in [5.74, 6) is 0. The number of hydrogen-bond donors (Lipinski definition) is 2. The first kappa shape index (κ1) is 17.6. The smallest absolute Gasteiger partial charge is 0.241 e. The lowest BCUT2D eigenvalue weighted by Crippen LogP contribution is -2.25. The molecule has 0 aliphatic rings. The van der Waals surface area contributed by atoms with E-state index in [9.17, 15) is 8.42 Å². The van der Waals surface area contributed by atoms with E-state index < -0.39 is 10.0 Å². The van der Waals surface area contributed by atoms with Gasteiger partial charge in [-0.25, -0.2) is 13.1 Å². The molecule has 114 valence electrons. The summed E-state index contributed by atoms with van der Waals surface area (Å²) in [5, 5.41) is 9.00. The number of unbranched alkanes of at least 4 members (excludes halogenated alkanes) is 2. The summed E-state index contributed by atoms with van der Waals surface area (Å²) in [6, 6.07) is 4.69. The van der Waals surface area contributed by atoms with Crippen LogP contribution in [0, 0.1) is 0 Å². The molecule has 0 atom stereocenters. The predicted molar refractivity (Wildman–Crippen MR) is 81.0 cm³/mol. The van der Waals surface area contributed by atoms with E-state index in [1.54, 1.807) is 19.2 Å². The van der Waals surface area contributed by atoms with Gasteiger partial charge < -0.3 is 9.84 Å². The quantitative estimate of drug-likeness (QED) is 0.656. The van der Waals surface area contributed by atoms with E-state index >= 15 is 0 Å². The maximum Gasteiger partial charge on any atom is 0.241 e. The maximum absolute atomic E-state index is 12.1. The van der Waals surface area contributed by atoms with Crippen molar-refractivity contribution in [2.75, 3.05) is 20.3 Å². The lowest BCUT2D eigenvalue weighted by Gasteiger charge is -2.09. The zero-order valence-corrected chi connectivity index (χ0v) is 13.8. The molecule has 0 aliphatic carbocycles. The number of sulfonamides is 1. The number of benzene rings is 1. The van der Waals surface area contributed by atoms with Crippen LogP contribution in [0.3, 0.4) is 0 Å². The summed E-state index contributed by atoms with van der Waals surface area (Å²) in [6.45, 7) is 0.979. The fraction of sp³-hybridized carbons (Fsp3) is 0.538. The van der Waals surface area contributed by atoms with Crippen LogP contribution in [0.2, 0.25) is 0 Å². The van der Waals surface area contributed by atoms with Crippen molar-refractivity contribution in [3.05, 3.63) is 28.2 Å². The molecular weight excluding hydrogens is 346 g/mol. The van der Waals surface area contributed by atoms with Crippen molar-refractivity contribution in [3.63, 3.8) is 0 Å². The monoisotopic (exact) mass is 365 g/mol. The number of methoxy groups -OCH3 is 1.